The predicted octanol–water partition coefficient (Wildman–Crippen LogP) is 2.59. The minimum Gasteiger partial charge on any atom is -0.481 e. The van der Waals surface area contributed by atoms with Gasteiger partial charge in [-0.3, -0.25) is 4.79 Å². The van der Waals surface area contributed by atoms with Gasteiger partial charge in [-0.15, -0.1) is 0 Å². The van der Waals surface area contributed by atoms with Crippen LogP contribution in [0.5, 0.6) is 5.75 Å². The van der Waals surface area contributed by atoms with Crippen molar-refractivity contribution < 1.29 is 9.53 Å². The highest BCUT2D eigenvalue weighted by molar-refractivity contribution is 14.1. The molecule has 1 unspecified atom stereocenters. The molecule has 0 spiro atoms. The quantitative estimate of drug-likeness (QED) is 0.857. The molecule has 15 heavy (non-hydrogen) atoms. The summed E-state index contributed by atoms with van der Waals surface area (Å²) in [7, 11) is 0. The number of halogens is 2. The Morgan fingerprint density at radius 3 is 2.80 bits per heavy atom. The van der Waals surface area contributed by atoms with Crippen LogP contribution < -0.4 is 10.5 Å². The predicted molar refractivity (Wildman–Crippen MR) is 68.1 cm³/mol. The minimum atomic E-state index is -0.582. The van der Waals surface area contributed by atoms with Gasteiger partial charge in [0.1, 0.15) is 5.75 Å². The van der Waals surface area contributed by atoms with Gasteiger partial charge in [0.2, 0.25) is 0 Å². The van der Waals surface area contributed by atoms with E-state index in [1.54, 1.807) is 18.2 Å². The molecule has 5 heteroatoms. The summed E-state index contributed by atoms with van der Waals surface area (Å²) in [5.74, 6) is 0.150. The highest BCUT2D eigenvalue weighted by Gasteiger charge is 2.14. The average molecular weight is 340 g/mol. The number of nitrogens with two attached hydrogens (primary N) is 1. The second-order valence-corrected chi connectivity index (χ2v) is 4.56. The zero-order valence-corrected chi connectivity index (χ0v) is 11.1. The Morgan fingerprint density at radius 2 is 2.33 bits per heavy atom. The maximum Gasteiger partial charge on any atom is 0.258 e. The van der Waals surface area contributed by atoms with Gasteiger partial charge in [-0.1, -0.05) is 18.5 Å². The molecule has 0 aromatic heterocycles. The average Bonchev–Trinajstić information content (AvgIpc) is 2.19. The van der Waals surface area contributed by atoms with Crippen molar-refractivity contribution in [1.82, 2.24) is 0 Å². The van der Waals surface area contributed by atoms with Gasteiger partial charge < -0.3 is 10.5 Å². The number of primary amides is 1. The highest BCUT2D eigenvalue weighted by atomic mass is 127. The van der Waals surface area contributed by atoms with Crippen molar-refractivity contribution in [1.29, 1.82) is 0 Å². The van der Waals surface area contributed by atoms with E-state index in [1.807, 2.05) is 6.92 Å². The van der Waals surface area contributed by atoms with Crippen molar-refractivity contribution in [3.8, 4) is 5.75 Å². The van der Waals surface area contributed by atoms with E-state index < -0.39 is 12.0 Å². The van der Waals surface area contributed by atoms with Crippen LogP contribution in [-0.2, 0) is 4.79 Å². The van der Waals surface area contributed by atoms with Crippen LogP contribution in [0.4, 0.5) is 0 Å². The molecule has 1 rings (SSSR count). The molecule has 0 heterocycles. The maximum atomic E-state index is 11.0. The maximum absolute atomic E-state index is 11.0. The topological polar surface area (TPSA) is 52.3 Å². The number of carbonyl (C=O) groups is 1. The van der Waals surface area contributed by atoms with Crippen molar-refractivity contribution in [2.45, 2.75) is 19.4 Å². The lowest BCUT2D eigenvalue weighted by atomic mass is 10.2. The summed E-state index contributed by atoms with van der Waals surface area (Å²) in [6.45, 7) is 1.84. The number of hydrogen-bond acceptors (Lipinski definition) is 2. The number of benzene rings is 1. The Hall–Kier alpha value is -0.490. The normalized spacial score (nSPS) is 12.2. The highest BCUT2D eigenvalue weighted by Crippen LogP contribution is 2.24. The molecular weight excluding hydrogens is 328 g/mol. The summed E-state index contributed by atoms with van der Waals surface area (Å²) in [5.41, 5.74) is 5.17. The van der Waals surface area contributed by atoms with Crippen LogP contribution in [0.25, 0.3) is 0 Å². The summed E-state index contributed by atoms with van der Waals surface area (Å²) >= 11 is 7.96. The summed E-state index contributed by atoms with van der Waals surface area (Å²) in [6.07, 6.45) is -0.0314. The molecule has 0 aliphatic rings. The van der Waals surface area contributed by atoms with E-state index in [-0.39, 0.29) is 0 Å². The second-order valence-electron chi connectivity index (χ2n) is 2.99. The summed E-state index contributed by atoms with van der Waals surface area (Å²) in [4.78, 5) is 11.0. The van der Waals surface area contributed by atoms with Gasteiger partial charge in [0.05, 0.1) is 5.02 Å². The van der Waals surface area contributed by atoms with Gasteiger partial charge in [-0.2, -0.15) is 0 Å². The fraction of sp³-hybridized carbons (Fsp3) is 0.300. The lowest BCUT2D eigenvalue weighted by Gasteiger charge is -2.14. The molecule has 0 bridgehead atoms. The summed E-state index contributed by atoms with van der Waals surface area (Å²) in [6, 6.07) is 5.22. The van der Waals surface area contributed by atoms with E-state index in [9.17, 15) is 4.79 Å². The molecule has 2 N–H and O–H groups in total. The third-order valence-electron chi connectivity index (χ3n) is 1.86. The van der Waals surface area contributed by atoms with Crippen LogP contribution >= 0.6 is 34.2 Å². The molecule has 1 amide bonds. The molecule has 1 aromatic carbocycles. The fourth-order valence-electron chi connectivity index (χ4n) is 1.06. The van der Waals surface area contributed by atoms with Crippen LogP contribution in [-0.4, -0.2) is 12.0 Å². The molecule has 1 aromatic rings. The molecule has 0 saturated heterocycles. The molecule has 0 aliphatic carbocycles. The van der Waals surface area contributed by atoms with E-state index in [0.29, 0.717) is 17.2 Å². The van der Waals surface area contributed by atoms with Gasteiger partial charge in [-0.05, 0) is 47.2 Å². The van der Waals surface area contributed by atoms with E-state index in [1.165, 1.54) is 0 Å². The van der Waals surface area contributed by atoms with Crippen molar-refractivity contribution in [3.63, 3.8) is 0 Å². The van der Waals surface area contributed by atoms with Crippen LogP contribution in [0.2, 0.25) is 5.02 Å². The van der Waals surface area contributed by atoms with E-state index in [2.05, 4.69) is 22.6 Å². The lowest BCUT2D eigenvalue weighted by molar-refractivity contribution is -0.124. The third-order valence-corrected chi connectivity index (χ3v) is 3.40. The van der Waals surface area contributed by atoms with Crippen LogP contribution in [0.15, 0.2) is 18.2 Å². The Morgan fingerprint density at radius 1 is 1.67 bits per heavy atom. The summed E-state index contributed by atoms with van der Waals surface area (Å²) < 4.78 is 6.30. The number of rotatable bonds is 4. The van der Waals surface area contributed by atoms with Gasteiger partial charge in [0.25, 0.3) is 5.91 Å². The van der Waals surface area contributed by atoms with Crippen molar-refractivity contribution in [2.75, 3.05) is 0 Å². The van der Waals surface area contributed by atoms with Gasteiger partial charge >= 0.3 is 0 Å². The molecule has 0 fully saturated rings. The SMILES string of the molecule is CCC(Oc1ccc(Cl)c(I)c1)C(N)=O. The first-order valence-corrected chi connectivity index (χ1v) is 5.91. The summed E-state index contributed by atoms with van der Waals surface area (Å²) in [5, 5.41) is 0.662. The number of ether oxygens (including phenoxy) is 1. The number of amides is 1. The van der Waals surface area contributed by atoms with Crippen molar-refractivity contribution in [3.05, 3.63) is 26.8 Å². The van der Waals surface area contributed by atoms with Crippen LogP contribution in [0.1, 0.15) is 13.3 Å². The molecule has 3 nitrogen and oxygen atoms in total. The number of carbonyl (C=O) groups excluding carboxylic acids is 1. The van der Waals surface area contributed by atoms with Gasteiger partial charge in [-0.25, -0.2) is 0 Å². The van der Waals surface area contributed by atoms with Gasteiger partial charge in [0.15, 0.2) is 6.10 Å². The Bertz CT molecular complexity index is 370. The third kappa shape index (κ3) is 3.53. The van der Waals surface area contributed by atoms with Crippen LogP contribution in [0, 0.1) is 3.57 Å². The molecule has 82 valence electrons. The zero-order valence-electron chi connectivity index (χ0n) is 8.17. The van der Waals surface area contributed by atoms with Gasteiger partial charge in [0, 0.05) is 3.57 Å². The fourth-order valence-corrected chi connectivity index (χ4v) is 1.66. The van der Waals surface area contributed by atoms with Crippen molar-refractivity contribution >= 4 is 40.1 Å². The standard InChI is InChI=1S/C10H11ClINO2/c1-2-9(10(13)14)15-6-3-4-7(11)8(12)5-6/h3-5,9H,2H2,1H3,(H2,13,14). The molecule has 0 aliphatic heterocycles. The van der Waals surface area contributed by atoms with E-state index in [0.717, 1.165) is 3.57 Å². The van der Waals surface area contributed by atoms with Crippen LogP contribution in [0.3, 0.4) is 0 Å². The smallest absolute Gasteiger partial charge is 0.258 e. The Balaban J connectivity index is 2.80. The zero-order chi connectivity index (χ0) is 11.4. The first-order valence-electron chi connectivity index (χ1n) is 4.45. The molecular formula is C10H11ClINO2. The first-order chi connectivity index (χ1) is 7.04. The Kier molecular flexibility index (Phi) is 4.66. The van der Waals surface area contributed by atoms with E-state index in [4.69, 9.17) is 22.1 Å². The van der Waals surface area contributed by atoms with E-state index >= 15 is 0 Å². The molecule has 1 atom stereocenters. The Labute approximate surface area is 107 Å². The second kappa shape index (κ2) is 5.55. The lowest BCUT2D eigenvalue weighted by Crippen LogP contribution is -2.32. The number of hydrogen-bond donors (Lipinski definition) is 1. The molecule has 0 radical (unpaired) electrons. The monoisotopic (exact) mass is 339 g/mol. The first kappa shape index (κ1) is 12.6. The largest absolute Gasteiger partial charge is 0.481 e. The van der Waals surface area contributed by atoms with Crippen molar-refractivity contribution in [2.24, 2.45) is 5.73 Å². The minimum absolute atomic E-state index is 0.456. The molecule has 0 saturated carbocycles.